The molecular formula is C29H36N4O3. The van der Waals surface area contributed by atoms with Crippen LogP contribution >= 0.6 is 0 Å². The Balaban J connectivity index is 1.47. The van der Waals surface area contributed by atoms with Crippen LogP contribution in [0.5, 0.6) is 0 Å². The molecule has 1 N–H and O–H groups in total. The van der Waals surface area contributed by atoms with Crippen molar-refractivity contribution >= 4 is 28.5 Å². The van der Waals surface area contributed by atoms with Crippen LogP contribution in [-0.2, 0) is 23.1 Å². The molecule has 2 fully saturated rings. The smallest absolute Gasteiger partial charge is 0.256 e. The van der Waals surface area contributed by atoms with E-state index in [0.717, 1.165) is 49.2 Å². The molecule has 1 saturated heterocycles. The second kappa shape index (κ2) is 10.4. The molecule has 1 atom stereocenters. The minimum atomic E-state index is -0.102. The first-order chi connectivity index (χ1) is 17.4. The van der Waals surface area contributed by atoms with Gasteiger partial charge in [0.2, 0.25) is 5.91 Å². The van der Waals surface area contributed by atoms with E-state index in [2.05, 4.69) is 24.4 Å². The number of hydrogen-bond donors (Lipinski definition) is 1. The summed E-state index contributed by atoms with van der Waals surface area (Å²) in [5.74, 6) is 1.18. The molecule has 2 aromatic carbocycles. The van der Waals surface area contributed by atoms with Gasteiger partial charge in [-0.05, 0) is 56.2 Å². The highest BCUT2D eigenvalue weighted by atomic mass is 16.5. The lowest BCUT2D eigenvalue weighted by atomic mass is 10.0. The Morgan fingerprint density at radius 2 is 1.86 bits per heavy atom. The number of amides is 2. The zero-order chi connectivity index (χ0) is 25.2. The third-order valence-electron chi connectivity index (χ3n) is 7.57. The molecule has 190 valence electrons. The van der Waals surface area contributed by atoms with Gasteiger partial charge in [-0.15, -0.1) is 0 Å². The Morgan fingerprint density at radius 1 is 1.11 bits per heavy atom. The van der Waals surface area contributed by atoms with Crippen molar-refractivity contribution in [2.24, 2.45) is 13.0 Å². The third kappa shape index (κ3) is 5.16. The number of carbonyl (C=O) groups excluding carboxylic acids is 2. The van der Waals surface area contributed by atoms with Crippen LogP contribution < -0.4 is 5.32 Å². The van der Waals surface area contributed by atoms with E-state index in [-0.39, 0.29) is 17.9 Å². The Hall–Kier alpha value is -3.19. The fourth-order valence-corrected chi connectivity index (χ4v) is 5.61. The van der Waals surface area contributed by atoms with Gasteiger partial charge in [0.1, 0.15) is 11.9 Å². The van der Waals surface area contributed by atoms with Gasteiger partial charge in [-0.1, -0.05) is 42.7 Å². The number of aryl methyl sites for hydroxylation is 2. The lowest BCUT2D eigenvalue weighted by Crippen LogP contribution is -2.27. The largest absolute Gasteiger partial charge is 0.370 e. The summed E-state index contributed by atoms with van der Waals surface area (Å²) in [7, 11) is 3.76. The molecule has 0 radical (unpaired) electrons. The Kier molecular flexibility index (Phi) is 7.10. The predicted molar refractivity (Wildman–Crippen MR) is 141 cm³/mol. The van der Waals surface area contributed by atoms with Crippen LogP contribution in [0.3, 0.4) is 0 Å². The maximum Gasteiger partial charge on any atom is 0.256 e. The molecule has 1 aliphatic heterocycles. The van der Waals surface area contributed by atoms with Gasteiger partial charge in [0.15, 0.2) is 0 Å². The number of hydrogen-bond acceptors (Lipinski definition) is 4. The van der Waals surface area contributed by atoms with E-state index in [1.54, 1.807) is 4.90 Å². The van der Waals surface area contributed by atoms with Crippen molar-refractivity contribution in [2.45, 2.75) is 64.5 Å². The fraction of sp³-hybridized carbons (Fsp3) is 0.483. The van der Waals surface area contributed by atoms with E-state index in [4.69, 9.17) is 9.72 Å². The summed E-state index contributed by atoms with van der Waals surface area (Å²) < 4.78 is 7.90. The van der Waals surface area contributed by atoms with E-state index in [9.17, 15) is 9.59 Å². The molecule has 2 heterocycles. The molecule has 7 heteroatoms. The van der Waals surface area contributed by atoms with Gasteiger partial charge in [-0.25, -0.2) is 4.98 Å². The van der Waals surface area contributed by atoms with Crippen molar-refractivity contribution in [2.75, 3.05) is 19.0 Å². The van der Waals surface area contributed by atoms with Crippen LogP contribution in [0.2, 0.25) is 0 Å². The monoisotopic (exact) mass is 488 g/mol. The van der Waals surface area contributed by atoms with Crippen molar-refractivity contribution in [1.82, 2.24) is 14.5 Å². The molecule has 0 spiro atoms. The van der Waals surface area contributed by atoms with Crippen LogP contribution in [0, 0.1) is 12.8 Å². The first-order valence-electron chi connectivity index (χ1n) is 13.1. The zero-order valence-corrected chi connectivity index (χ0v) is 21.5. The molecule has 1 aliphatic carbocycles. The number of aromatic nitrogens is 2. The first kappa shape index (κ1) is 24.5. The van der Waals surface area contributed by atoms with Gasteiger partial charge >= 0.3 is 0 Å². The molecule has 0 bridgehead atoms. The number of ether oxygens (including phenoxy) is 1. The van der Waals surface area contributed by atoms with Crippen LogP contribution in [0.15, 0.2) is 36.4 Å². The number of benzene rings is 2. The number of imidazole rings is 1. The summed E-state index contributed by atoms with van der Waals surface area (Å²) in [5, 5.41) is 3.06. The van der Waals surface area contributed by atoms with Gasteiger partial charge < -0.3 is 19.5 Å². The fourth-order valence-electron chi connectivity index (χ4n) is 5.61. The maximum atomic E-state index is 13.8. The minimum absolute atomic E-state index is 0.00272. The molecule has 1 saturated carbocycles. The molecule has 1 unspecified atom stereocenters. The highest BCUT2D eigenvalue weighted by Gasteiger charge is 2.27. The maximum absolute atomic E-state index is 13.8. The Bertz CT molecular complexity index is 1250. The highest BCUT2D eigenvalue weighted by Crippen LogP contribution is 2.33. The topological polar surface area (TPSA) is 76.5 Å². The molecule has 2 aliphatic rings. The SMILES string of the molecule is Cc1ccc(CN(C)C(=O)c2cc(NC(=O)CC3CCCC3)cc3nc(C4CCCO4)n(C)c23)cc1. The first-order valence-corrected chi connectivity index (χ1v) is 13.1. The summed E-state index contributed by atoms with van der Waals surface area (Å²) in [6, 6.07) is 11.9. The van der Waals surface area contributed by atoms with E-state index in [1.807, 2.05) is 42.9 Å². The number of anilines is 1. The summed E-state index contributed by atoms with van der Waals surface area (Å²) >= 11 is 0. The average Bonchev–Trinajstić information content (AvgIpc) is 3.62. The van der Waals surface area contributed by atoms with Crippen LogP contribution in [0.4, 0.5) is 5.69 Å². The number of nitrogens with zero attached hydrogens (tertiary/aromatic N) is 3. The van der Waals surface area contributed by atoms with Gasteiger partial charge in [-0.3, -0.25) is 9.59 Å². The molecular weight excluding hydrogens is 452 g/mol. The molecule has 36 heavy (non-hydrogen) atoms. The van der Waals surface area contributed by atoms with Crippen LogP contribution in [0.1, 0.15) is 78.4 Å². The normalized spacial score (nSPS) is 18.1. The highest BCUT2D eigenvalue weighted by molar-refractivity contribution is 6.07. The predicted octanol–water partition coefficient (Wildman–Crippen LogP) is 5.52. The lowest BCUT2D eigenvalue weighted by molar-refractivity contribution is -0.117. The van der Waals surface area contributed by atoms with E-state index in [0.29, 0.717) is 35.7 Å². The molecule has 1 aromatic heterocycles. The summed E-state index contributed by atoms with van der Waals surface area (Å²) in [6.07, 6.45) is 7.01. The Labute approximate surface area is 212 Å². The average molecular weight is 489 g/mol. The van der Waals surface area contributed by atoms with Gasteiger partial charge in [0, 0.05) is 39.4 Å². The van der Waals surface area contributed by atoms with Crippen molar-refractivity contribution < 1.29 is 14.3 Å². The van der Waals surface area contributed by atoms with Crippen molar-refractivity contribution in [3.05, 3.63) is 58.9 Å². The van der Waals surface area contributed by atoms with E-state index >= 15 is 0 Å². The van der Waals surface area contributed by atoms with Gasteiger partial charge in [-0.2, -0.15) is 0 Å². The van der Waals surface area contributed by atoms with E-state index < -0.39 is 0 Å². The van der Waals surface area contributed by atoms with Crippen molar-refractivity contribution in [1.29, 1.82) is 0 Å². The van der Waals surface area contributed by atoms with Crippen LogP contribution in [-0.4, -0.2) is 39.9 Å². The number of rotatable bonds is 7. The Morgan fingerprint density at radius 3 is 2.56 bits per heavy atom. The summed E-state index contributed by atoms with van der Waals surface area (Å²) in [6.45, 7) is 3.27. The number of fused-ring (bicyclic) bond motifs is 1. The molecule has 2 amide bonds. The lowest BCUT2D eigenvalue weighted by Gasteiger charge is -2.19. The minimum Gasteiger partial charge on any atom is -0.370 e. The molecule has 5 rings (SSSR count). The second-order valence-corrected chi connectivity index (χ2v) is 10.5. The van der Waals surface area contributed by atoms with Gasteiger partial charge in [0.05, 0.1) is 16.6 Å². The van der Waals surface area contributed by atoms with Crippen molar-refractivity contribution in [3.8, 4) is 0 Å². The molecule has 7 nitrogen and oxygen atoms in total. The van der Waals surface area contributed by atoms with Crippen molar-refractivity contribution in [3.63, 3.8) is 0 Å². The van der Waals surface area contributed by atoms with Crippen LogP contribution in [0.25, 0.3) is 11.0 Å². The quantitative estimate of drug-likeness (QED) is 0.475. The van der Waals surface area contributed by atoms with E-state index in [1.165, 1.54) is 18.4 Å². The summed E-state index contributed by atoms with van der Waals surface area (Å²) in [4.78, 5) is 33.2. The number of nitrogens with one attached hydrogen (secondary N) is 1. The summed E-state index contributed by atoms with van der Waals surface area (Å²) in [5.41, 5.74) is 4.89. The third-order valence-corrected chi connectivity index (χ3v) is 7.57. The number of carbonyl (C=O) groups is 2. The standard InChI is InChI=1S/C29H36N4O3/c1-19-10-12-21(13-11-19)18-32(2)29(35)23-16-22(30-26(34)15-20-7-4-5-8-20)17-24-27(23)33(3)28(31-24)25-9-6-14-36-25/h10-13,16-17,20,25H,4-9,14-15,18H2,1-3H3,(H,30,34). The zero-order valence-electron chi connectivity index (χ0n) is 21.5. The second-order valence-electron chi connectivity index (χ2n) is 10.5. The molecule has 3 aromatic rings. The van der Waals surface area contributed by atoms with Gasteiger partial charge in [0.25, 0.3) is 5.91 Å².